The lowest BCUT2D eigenvalue weighted by molar-refractivity contribution is -0.113. The second-order valence-electron chi connectivity index (χ2n) is 7.33. The number of rotatable bonds is 2. The fraction of sp³-hybridized carbons (Fsp3) is 0.471. The first-order valence-corrected chi connectivity index (χ1v) is 7.12. The maximum absolute atomic E-state index is 11.3. The van der Waals surface area contributed by atoms with Gasteiger partial charge in [0.15, 0.2) is 0 Å². The van der Waals surface area contributed by atoms with Crippen molar-refractivity contribution < 1.29 is 9.90 Å². The van der Waals surface area contributed by atoms with Gasteiger partial charge in [-0.15, -0.1) is 0 Å². The van der Waals surface area contributed by atoms with Gasteiger partial charge in [-0.1, -0.05) is 47.6 Å². The van der Waals surface area contributed by atoms with Crippen LogP contribution in [0.1, 0.15) is 58.2 Å². The quantitative estimate of drug-likeness (QED) is 0.367. The first-order valence-electron chi connectivity index (χ1n) is 7.12. The summed E-state index contributed by atoms with van der Waals surface area (Å²) in [4.78, 5) is 13.8. The largest absolute Gasteiger partial charge is 0.507 e. The smallest absolute Gasteiger partial charge is 0.242 e. The van der Waals surface area contributed by atoms with Gasteiger partial charge in [-0.25, -0.2) is 0 Å². The van der Waals surface area contributed by atoms with Crippen LogP contribution in [0.4, 0.5) is 0 Å². The zero-order valence-electron chi connectivity index (χ0n) is 14.0. The van der Waals surface area contributed by atoms with E-state index < -0.39 is 5.91 Å². The molecule has 0 aromatic heterocycles. The van der Waals surface area contributed by atoms with Crippen LogP contribution in [-0.2, 0) is 15.6 Å². The molecule has 0 fully saturated rings. The number of azide groups is 1. The maximum Gasteiger partial charge on any atom is 0.242 e. The molecule has 5 heteroatoms. The van der Waals surface area contributed by atoms with E-state index >= 15 is 0 Å². The molecule has 0 saturated heterocycles. The van der Waals surface area contributed by atoms with E-state index in [2.05, 4.69) is 10.0 Å². The number of carbonyl (C=O) groups excluding carboxylic acids is 1. The topological polar surface area (TPSA) is 86.1 Å². The van der Waals surface area contributed by atoms with Gasteiger partial charge in [0.25, 0.3) is 0 Å². The number of hydrogen-bond acceptors (Lipinski definition) is 2. The van der Waals surface area contributed by atoms with Gasteiger partial charge < -0.3 is 5.11 Å². The lowest BCUT2D eigenvalue weighted by Crippen LogP contribution is -2.17. The highest BCUT2D eigenvalue weighted by atomic mass is 16.3. The Balaban J connectivity index is 3.48. The molecule has 0 bridgehead atoms. The third-order valence-corrected chi connectivity index (χ3v) is 3.31. The summed E-state index contributed by atoms with van der Waals surface area (Å²) in [5.74, 6) is -0.358. The average molecular weight is 301 g/mol. The highest BCUT2D eigenvalue weighted by Gasteiger charge is 2.26. The van der Waals surface area contributed by atoms with E-state index in [-0.39, 0.29) is 10.8 Å². The number of benzene rings is 1. The SMILES string of the molecule is CC(C)(C)c1cc(C=CC(=O)N=[N+]=[N-])cc(C(C)(C)C)c1O. The number of amides is 1. The fourth-order valence-corrected chi connectivity index (χ4v) is 2.14. The highest BCUT2D eigenvalue weighted by Crippen LogP contribution is 2.39. The first kappa shape index (κ1) is 17.8. The molecular formula is C17H23N3O2. The normalized spacial score (nSPS) is 12.3. The van der Waals surface area contributed by atoms with E-state index in [9.17, 15) is 9.90 Å². The monoisotopic (exact) mass is 301 g/mol. The molecule has 0 unspecified atom stereocenters. The van der Waals surface area contributed by atoms with Gasteiger partial charge >= 0.3 is 0 Å². The molecule has 118 valence electrons. The molecule has 0 aliphatic carbocycles. The summed E-state index contributed by atoms with van der Waals surface area (Å²) in [5, 5.41) is 13.6. The third kappa shape index (κ3) is 4.37. The highest BCUT2D eigenvalue weighted by molar-refractivity contribution is 5.92. The van der Waals surface area contributed by atoms with Gasteiger partial charge in [0.05, 0.1) is 0 Å². The molecule has 1 N–H and O–H groups in total. The molecule has 0 spiro atoms. The lowest BCUT2D eigenvalue weighted by atomic mass is 9.78. The minimum absolute atomic E-state index is 0.233. The van der Waals surface area contributed by atoms with Gasteiger partial charge in [0.1, 0.15) is 5.75 Å². The minimum atomic E-state index is -0.648. The van der Waals surface area contributed by atoms with Crippen molar-refractivity contribution in [2.24, 2.45) is 5.11 Å². The molecule has 0 saturated carbocycles. The Morgan fingerprint density at radius 1 is 1.14 bits per heavy atom. The van der Waals surface area contributed by atoms with Crippen LogP contribution >= 0.6 is 0 Å². The molecule has 1 amide bonds. The van der Waals surface area contributed by atoms with Crippen LogP contribution in [0, 0.1) is 0 Å². The maximum atomic E-state index is 11.3. The van der Waals surface area contributed by atoms with Crippen LogP contribution in [0.15, 0.2) is 23.3 Å². The zero-order valence-corrected chi connectivity index (χ0v) is 14.0. The van der Waals surface area contributed by atoms with Crippen LogP contribution in [0.25, 0.3) is 16.5 Å². The van der Waals surface area contributed by atoms with Crippen LogP contribution in [0.5, 0.6) is 5.75 Å². The minimum Gasteiger partial charge on any atom is -0.507 e. The summed E-state index contributed by atoms with van der Waals surface area (Å²) in [6, 6.07) is 3.70. The number of aromatic hydroxyl groups is 1. The summed E-state index contributed by atoms with van der Waals surface area (Å²) >= 11 is 0. The first-order chi connectivity index (χ1) is 9.96. The van der Waals surface area contributed by atoms with Crippen molar-refractivity contribution in [3.63, 3.8) is 0 Å². The number of carbonyl (C=O) groups is 1. The number of phenolic OH excluding ortho intramolecular Hbond substituents is 1. The van der Waals surface area contributed by atoms with Gasteiger partial charge in [0.2, 0.25) is 5.91 Å². The predicted molar refractivity (Wildman–Crippen MR) is 88.7 cm³/mol. The Morgan fingerprint density at radius 3 is 1.95 bits per heavy atom. The molecule has 0 radical (unpaired) electrons. The van der Waals surface area contributed by atoms with E-state index in [0.29, 0.717) is 5.75 Å². The van der Waals surface area contributed by atoms with Gasteiger partial charge in [0, 0.05) is 16.0 Å². The van der Waals surface area contributed by atoms with Crippen LogP contribution in [0.2, 0.25) is 0 Å². The summed E-state index contributed by atoms with van der Waals surface area (Å²) in [6.07, 6.45) is 2.83. The Bertz CT molecular complexity index is 620. The number of phenols is 1. The summed E-state index contributed by atoms with van der Waals surface area (Å²) in [5.41, 5.74) is 10.2. The van der Waals surface area contributed by atoms with Gasteiger partial charge in [-0.05, 0) is 45.2 Å². The standard InChI is InChI=1S/C17H23N3O2/c1-16(2,3)12-9-11(7-8-14(21)19-20-18)10-13(15(12)22)17(4,5)6/h7-10,22H,1-6H3. The fourth-order valence-electron chi connectivity index (χ4n) is 2.14. The number of nitrogens with zero attached hydrogens (tertiary/aromatic N) is 3. The second-order valence-corrected chi connectivity index (χ2v) is 7.33. The summed E-state index contributed by atoms with van der Waals surface area (Å²) in [6.45, 7) is 12.1. The van der Waals surface area contributed by atoms with E-state index in [0.717, 1.165) is 16.7 Å². The Kier molecular flexibility index (Phi) is 5.05. The Labute approximate surface area is 131 Å². The van der Waals surface area contributed by atoms with Crippen molar-refractivity contribution in [2.45, 2.75) is 52.4 Å². The van der Waals surface area contributed by atoms with Gasteiger partial charge in [-0.3, -0.25) is 4.79 Å². The van der Waals surface area contributed by atoms with Gasteiger partial charge in [-0.2, -0.15) is 0 Å². The Hall–Kier alpha value is -2.26. The molecule has 0 atom stereocenters. The van der Waals surface area contributed by atoms with E-state index in [1.54, 1.807) is 6.08 Å². The zero-order chi connectivity index (χ0) is 17.1. The Morgan fingerprint density at radius 2 is 1.59 bits per heavy atom. The van der Waals surface area contributed by atoms with E-state index in [1.807, 2.05) is 53.7 Å². The third-order valence-electron chi connectivity index (χ3n) is 3.31. The molecule has 0 heterocycles. The van der Waals surface area contributed by atoms with E-state index in [4.69, 9.17) is 5.53 Å². The van der Waals surface area contributed by atoms with Crippen molar-refractivity contribution in [1.82, 2.24) is 0 Å². The van der Waals surface area contributed by atoms with Crippen LogP contribution < -0.4 is 0 Å². The van der Waals surface area contributed by atoms with Crippen molar-refractivity contribution in [1.29, 1.82) is 0 Å². The van der Waals surface area contributed by atoms with E-state index in [1.165, 1.54) is 6.08 Å². The number of hydrogen-bond donors (Lipinski definition) is 1. The molecule has 22 heavy (non-hydrogen) atoms. The van der Waals surface area contributed by atoms with Crippen molar-refractivity contribution in [3.05, 3.63) is 45.3 Å². The molecule has 0 aliphatic heterocycles. The van der Waals surface area contributed by atoms with Crippen molar-refractivity contribution >= 4 is 12.0 Å². The molecule has 1 aromatic rings. The molecule has 0 aliphatic rings. The predicted octanol–water partition coefficient (Wildman–Crippen LogP) is 4.84. The summed E-state index contributed by atoms with van der Waals surface area (Å²) in [7, 11) is 0. The molecule has 1 rings (SSSR count). The second kappa shape index (κ2) is 6.24. The van der Waals surface area contributed by atoms with Crippen molar-refractivity contribution in [2.75, 3.05) is 0 Å². The lowest BCUT2D eigenvalue weighted by Gasteiger charge is -2.27. The van der Waals surface area contributed by atoms with Crippen LogP contribution in [-0.4, -0.2) is 11.0 Å². The molecule has 1 aromatic carbocycles. The van der Waals surface area contributed by atoms with Crippen molar-refractivity contribution in [3.8, 4) is 5.75 Å². The summed E-state index contributed by atoms with van der Waals surface area (Å²) < 4.78 is 0. The average Bonchev–Trinajstić information content (AvgIpc) is 2.35. The molecular weight excluding hydrogens is 278 g/mol. The molecule has 5 nitrogen and oxygen atoms in total. The van der Waals surface area contributed by atoms with Crippen LogP contribution in [0.3, 0.4) is 0 Å².